The normalized spacial score (nSPS) is 14.4. The highest BCUT2D eigenvalue weighted by atomic mass is 16.5. The number of anilines is 1. The topological polar surface area (TPSA) is 81.0 Å². The van der Waals surface area contributed by atoms with Crippen LogP contribution in [0, 0.1) is 13.8 Å². The van der Waals surface area contributed by atoms with Crippen LogP contribution in [-0.2, 0) is 4.79 Å². The number of aryl methyl sites for hydroxylation is 2. The predicted octanol–water partition coefficient (Wildman–Crippen LogP) is 5.36. The second-order valence-corrected chi connectivity index (χ2v) is 8.90. The van der Waals surface area contributed by atoms with Crippen molar-refractivity contribution in [1.82, 2.24) is 5.32 Å². The van der Waals surface area contributed by atoms with Crippen molar-refractivity contribution in [3.8, 4) is 11.5 Å². The van der Waals surface area contributed by atoms with E-state index in [0.717, 1.165) is 36.8 Å². The molecule has 0 spiro atoms. The quantitative estimate of drug-likeness (QED) is 0.473. The largest absolute Gasteiger partial charge is 0.493 e. The highest BCUT2D eigenvalue weighted by Crippen LogP contribution is 2.40. The van der Waals surface area contributed by atoms with Gasteiger partial charge in [0.15, 0.2) is 17.3 Å². The fraction of sp³-hybridized carbons (Fsp3) is 0.357. The van der Waals surface area contributed by atoms with Gasteiger partial charge in [0.1, 0.15) is 6.04 Å². The molecule has 7 heteroatoms. The molecular weight excluding hydrogens is 444 g/mol. The summed E-state index contributed by atoms with van der Waals surface area (Å²) >= 11 is 0. The van der Waals surface area contributed by atoms with Crippen molar-refractivity contribution in [3.05, 3.63) is 77.2 Å². The van der Waals surface area contributed by atoms with Crippen LogP contribution in [0.5, 0.6) is 11.5 Å². The lowest BCUT2D eigenvalue weighted by molar-refractivity contribution is -0.123. The zero-order valence-corrected chi connectivity index (χ0v) is 20.7. The van der Waals surface area contributed by atoms with Crippen LogP contribution in [0.3, 0.4) is 0 Å². The molecule has 0 aliphatic heterocycles. The van der Waals surface area contributed by atoms with Crippen molar-refractivity contribution in [2.24, 2.45) is 0 Å². The maximum Gasteiger partial charge on any atom is 0.294 e. The number of hydrogen-bond donors (Lipinski definition) is 1. The maximum atomic E-state index is 14.0. The summed E-state index contributed by atoms with van der Waals surface area (Å²) in [7, 11) is 3.08. The van der Waals surface area contributed by atoms with Crippen molar-refractivity contribution >= 4 is 17.5 Å². The van der Waals surface area contributed by atoms with Gasteiger partial charge < -0.3 is 19.2 Å². The minimum absolute atomic E-state index is 0.0712. The molecule has 1 heterocycles. The van der Waals surface area contributed by atoms with Gasteiger partial charge in [-0.05, 0) is 68.1 Å². The maximum absolute atomic E-state index is 14.0. The standard InChI is InChI=1S/C28H32N2O5/c1-18-14-15-21(17-19(18)2)30(28(32)24-13-8-16-35-24)25(27(31)29-20-9-5-6-10-20)22-11-7-12-23(33-3)26(22)34-4/h7-8,11-17,20,25H,5-6,9-10H2,1-4H3,(H,29,31)/t25-/m0/s1. The van der Waals surface area contributed by atoms with E-state index in [1.807, 2.05) is 32.0 Å². The Hall–Kier alpha value is -3.74. The lowest BCUT2D eigenvalue weighted by atomic mass is 9.99. The average molecular weight is 477 g/mol. The molecule has 1 fully saturated rings. The molecule has 2 aromatic carbocycles. The Morgan fingerprint density at radius 1 is 1.00 bits per heavy atom. The Morgan fingerprint density at radius 2 is 1.77 bits per heavy atom. The first-order chi connectivity index (χ1) is 16.9. The Morgan fingerprint density at radius 3 is 2.40 bits per heavy atom. The van der Waals surface area contributed by atoms with Crippen LogP contribution in [0.4, 0.5) is 5.69 Å². The summed E-state index contributed by atoms with van der Waals surface area (Å²) in [6, 6.07) is 13.4. The Bertz CT molecular complexity index is 1180. The molecule has 4 rings (SSSR count). The van der Waals surface area contributed by atoms with E-state index in [1.165, 1.54) is 18.3 Å². The SMILES string of the molecule is COc1cccc([C@@H](C(=O)NC2CCCC2)N(C(=O)c2ccco2)c2ccc(C)c(C)c2)c1OC. The smallest absolute Gasteiger partial charge is 0.294 e. The first-order valence-electron chi connectivity index (χ1n) is 11.9. The number of benzene rings is 2. The number of furan rings is 1. The second-order valence-electron chi connectivity index (χ2n) is 8.90. The zero-order chi connectivity index (χ0) is 24.9. The summed E-state index contributed by atoms with van der Waals surface area (Å²) < 4.78 is 16.7. The van der Waals surface area contributed by atoms with Crippen LogP contribution >= 0.6 is 0 Å². The van der Waals surface area contributed by atoms with Crippen molar-refractivity contribution in [2.45, 2.75) is 51.6 Å². The molecule has 0 saturated heterocycles. The minimum Gasteiger partial charge on any atom is -0.493 e. The first kappa shape index (κ1) is 24.4. The summed E-state index contributed by atoms with van der Waals surface area (Å²) in [6.45, 7) is 3.99. The van der Waals surface area contributed by atoms with Gasteiger partial charge in [-0.25, -0.2) is 0 Å². The predicted molar refractivity (Wildman–Crippen MR) is 134 cm³/mol. The first-order valence-corrected chi connectivity index (χ1v) is 11.9. The third kappa shape index (κ3) is 5.04. The molecule has 7 nitrogen and oxygen atoms in total. The van der Waals surface area contributed by atoms with Crippen molar-refractivity contribution in [2.75, 3.05) is 19.1 Å². The van der Waals surface area contributed by atoms with Gasteiger partial charge in [0.2, 0.25) is 5.91 Å². The van der Waals surface area contributed by atoms with Crippen LogP contribution in [0.1, 0.15) is 59.0 Å². The summed E-state index contributed by atoms with van der Waals surface area (Å²) in [4.78, 5) is 29.4. The van der Waals surface area contributed by atoms with Gasteiger partial charge in [-0.2, -0.15) is 0 Å². The molecule has 1 atom stereocenters. The molecule has 0 unspecified atom stereocenters. The third-order valence-corrected chi connectivity index (χ3v) is 6.66. The number of rotatable bonds is 8. The number of amides is 2. The number of carbonyl (C=O) groups excluding carboxylic acids is 2. The monoisotopic (exact) mass is 476 g/mol. The number of nitrogens with zero attached hydrogens (tertiary/aromatic N) is 1. The highest BCUT2D eigenvalue weighted by Gasteiger charge is 2.38. The summed E-state index contributed by atoms with van der Waals surface area (Å²) in [5.74, 6) is 0.330. The lowest BCUT2D eigenvalue weighted by Crippen LogP contribution is -2.46. The van der Waals surface area contributed by atoms with E-state index in [1.54, 1.807) is 37.4 Å². The number of para-hydroxylation sites is 1. The molecule has 1 aromatic heterocycles. The fourth-order valence-corrected chi connectivity index (χ4v) is 4.65. The van der Waals surface area contributed by atoms with Gasteiger partial charge in [-0.1, -0.05) is 31.0 Å². The van der Waals surface area contributed by atoms with Crippen molar-refractivity contribution in [3.63, 3.8) is 0 Å². The molecule has 0 radical (unpaired) electrons. The van der Waals surface area contributed by atoms with Crippen LogP contribution in [0.25, 0.3) is 0 Å². The van der Waals surface area contributed by atoms with Gasteiger partial charge in [0, 0.05) is 17.3 Å². The van der Waals surface area contributed by atoms with E-state index >= 15 is 0 Å². The lowest BCUT2D eigenvalue weighted by Gasteiger charge is -2.33. The summed E-state index contributed by atoms with van der Waals surface area (Å²) in [6.07, 6.45) is 5.44. The van der Waals surface area contributed by atoms with E-state index in [0.29, 0.717) is 22.7 Å². The molecule has 1 saturated carbocycles. The van der Waals surface area contributed by atoms with Gasteiger partial charge in [0.05, 0.1) is 20.5 Å². The molecule has 0 bridgehead atoms. The van der Waals surface area contributed by atoms with E-state index in [-0.39, 0.29) is 17.7 Å². The number of ether oxygens (including phenoxy) is 2. The fourth-order valence-electron chi connectivity index (χ4n) is 4.65. The summed E-state index contributed by atoms with van der Waals surface area (Å²) in [5, 5.41) is 3.18. The average Bonchev–Trinajstić information content (AvgIpc) is 3.58. The van der Waals surface area contributed by atoms with E-state index < -0.39 is 11.9 Å². The van der Waals surface area contributed by atoms with E-state index in [9.17, 15) is 9.59 Å². The Labute approximate surface area is 206 Å². The van der Waals surface area contributed by atoms with Crippen molar-refractivity contribution < 1.29 is 23.5 Å². The minimum atomic E-state index is -1.01. The van der Waals surface area contributed by atoms with Gasteiger partial charge in [-0.15, -0.1) is 0 Å². The molecule has 184 valence electrons. The Balaban J connectivity index is 1.91. The molecular formula is C28H32N2O5. The van der Waals surface area contributed by atoms with Crippen molar-refractivity contribution in [1.29, 1.82) is 0 Å². The summed E-state index contributed by atoms with van der Waals surface area (Å²) in [5.41, 5.74) is 3.21. The van der Waals surface area contributed by atoms with Crippen LogP contribution in [0.15, 0.2) is 59.2 Å². The Kier molecular flexibility index (Phi) is 7.44. The molecule has 2 amide bonds. The van der Waals surface area contributed by atoms with Crippen LogP contribution in [-0.4, -0.2) is 32.1 Å². The number of hydrogen-bond acceptors (Lipinski definition) is 5. The van der Waals surface area contributed by atoms with E-state index in [2.05, 4.69) is 5.32 Å². The number of methoxy groups -OCH3 is 2. The molecule has 35 heavy (non-hydrogen) atoms. The molecule has 1 aliphatic rings. The molecule has 3 aromatic rings. The van der Waals surface area contributed by atoms with Crippen LogP contribution < -0.4 is 19.7 Å². The van der Waals surface area contributed by atoms with E-state index in [4.69, 9.17) is 13.9 Å². The van der Waals surface area contributed by atoms with Gasteiger partial charge >= 0.3 is 0 Å². The second kappa shape index (κ2) is 10.7. The van der Waals surface area contributed by atoms with Gasteiger partial charge in [-0.3, -0.25) is 14.5 Å². The molecule has 1 N–H and O–H groups in total. The zero-order valence-electron chi connectivity index (χ0n) is 20.7. The molecule has 1 aliphatic carbocycles. The number of nitrogens with one attached hydrogen (secondary N) is 1. The van der Waals surface area contributed by atoms with Crippen LogP contribution in [0.2, 0.25) is 0 Å². The van der Waals surface area contributed by atoms with Gasteiger partial charge in [0.25, 0.3) is 5.91 Å². The number of carbonyl (C=O) groups is 2. The highest BCUT2D eigenvalue weighted by molar-refractivity contribution is 6.09. The third-order valence-electron chi connectivity index (χ3n) is 6.66.